The molecular formula is C13H20F2N2. The Morgan fingerprint density at radius 2 is 1.71 bits per heavy atom. The molecule has 0 bridgehead atoms. The maximum absolute atomic E-state index is 12.4. The highest BCUT2D eigenvalue weighted by atomic mass is 19.3. The topological polar surface area (TPSA) is 38.0 Å². The van der Waals surface area contributed by atoms with Gasteiger partial charge in [-0.2, -0.15) is 0 Å². The molecule has 96 valence electrons. The molecule has 0 heterocycles. The summed E-state index contributed by atoms with van der Waals surface area (Å²) in [5.74, 6) is 0. The average Bonchev–Trinajstić information content (AvgIpc) is 2.35. The lowest BCUT2D eigenvalue weighted by Crippen LogP contribution is -2.34. The van der Waals surface area contributed by atoms with Gasteiger partial charge in [0.15, 0.2) is 0 Å². The summed E-state index contributed by atoms with van der Waals surface area (Å²) in [4.78, 5) is 0. The molecule has 0 aliphatic carbocycles. The summed E-state index contributed by atoms with van der Waals surface area (Å²) in [6.45, 7) is 4.62. The van der Waals surface area contributed by atoms with Crippen molar-refractivity contribution in [2.75, 3.05) is 6.54 Å². The molecule has 0 spiro atoms. The van der Waals surface area contributed by atoms with Crippen molar-refractivity contribution in [2.45, 2.75) is 38.8 Å². The number of rotatable bonds is 6. The second-order valence-electron chi connectivity index (χ2n) is 4.23. The standard InChI is InChI=1S/C13H20F2N2/c1-3-9(2)17-12(8-16)10-4-6-11(7-5-10)13(14)15/h4-7,9,12-13,17H,3,8,16H2,1-2H3. The first kappa shape index (κ1) is 14.1. The Morgan fingerprint density at radius 1 is 1.18 bits per heavy atom. The summed E-state index contributed by atoms with van der Waals surface area (Å²) < 4.78 is 24.8. The van der Waals surface area contributed by atoms with Gasteiger partial charge in [-0.1, -0.05) is 31.2 Å². The van der Waals surface area contributed by atoms with Crippen molar-refractivity contribution in [1.82, 2.24) is 5.32 Å². The van der Waals surface area contributed by atoms with Crippen LogP contribution in [0.4, 0.5) is 8.78 Å². The Hall–Kier alpha value is -1.00. The SMILES string of the molecule is CCC(C)NC(CN)c1ccc(C(F)F)cc1. The van der Waals surface area contributed by atoms with Crippen LogP contribution in [0.15, 0.2) is 24.3 Å². The number of hydrogen-bond acceptors (Lipinski definition) is 2. The summed E-state index contributed by atoms with van der Waals surface area (Å²) in [6.07, 6.45) is -1.41. The highest BCUT2D eigenvalue weighted by Gasteiger charge is 2.13. The quantitative estimate of drug-likeness (QED) is 0.804. The third kappa shape index (κ3) is 4.06. The first-order valence-electron chi connectivity index (χ1n) is 5.92. The summed E-state index contributed by atoms with van der Waals surface area (Å²) in [5, 5.41) is 3.37. The van der Waals surface area contributed by atoms with E-state index in [0.29, 0.717) is 12.6 Å². The zero-order chi connectivity index (χ0) is 12.8. The van der Waals surface area contributed by atoms with Gasteiger partial charge in [-0.15, -0.1) is 0 Å². The van der Waals surface area contributed by atoms with Gasteiger partial charge in [0.05, 0.1) is 0 Å². The van der Waals surface area contributed by atoms with Crippen LogP contribution in [-0.4, -0.2) is 12.6 Å². The van der Waals surface area contributed by atoms with E-state index in [1.54, 1.807) is 12.1 Å². The lowest BCUT2D eigenvalue weighted by molar-refractivity contribution is 0.151. The largest absolute Gasteiger partial charge is 0.329 e. The predicted octanol–water partition coefficient (Wildman–Crippen LogP) is 3.01. The van der Waals surface area contributed by atoms with Crippen LogP contribution in [0, 0.1) is 0 Å². The minimum atomic E-state index is -2.41. The van der Waals surface area contributed by atoms with E-state index in [-0.39, 0.29) is 11.6 Å². The third-order valence-electron chi connectivity index (χ3n) is 2.92. The first-order chi connectivity index (χ1) is 8.08. The Labute approximate surface area is 101 Å². The molecule has 0 fully saturated rings. The van der Waals surface area contributed by atoms with Crippen molar-refractivity contribution < 1.29 is 8.78 Å². The van der Waals surface area contributed by atoms with Gasteiger partial charge < -0.3 is 11.1 Å². The van der Waals surface area contributed by atoms with Gasteiger partial charge in [-0.25, -0.2) is 8.78 Å². The number of halogens is 2. The van der Waals surface area contributed by atoms with E-state index in [2.05, 4.69) is 19.2 Å². The maximum Gasteiger partial charge on any atom is 0.263 e. The summed E-state index contributed by atoms with van der Waals surface area (Å²) >= 11 is 0. The number of nitrogens with two attached hydrogens (primary N) is 1. The fraction of sp³-hybridized carbons (Fsp3) is 0.538. The van der Waals surface area contributed by atoms with Gasteiger partial charge >= 0.3 is 0 Å². The molecule has 4 heteroatoms. The lowest BCUT2D eigenvalue weighted by Gasteiger charge is -2.21. The molecule has 0 aromatic heterocycles. The second kappa shape index (κ2) is 6.67. The smallest absolute Gasteiger partial charge is 0.263 e. The first-order valence-corrected chi connectivity index (χ1v) is 5.92. The van der Waals surface area contributed by atoms with E-state index in [9.17, 15) is 8.78 Å². The summed E-state index contributed by atoms with van der Waals surface area (Å²) in [7, 11) is 0. The molecular weight excluding hydrogens is 222 g/mol. The Bertz CT molecular complexity index is 325. The van der Waals surface area contributed by atoms with Crippen molar-refractivity contribution in [3.8, 4) is 0 Å². The van der Waals surface area contributed by atoms with Crippen LogP contribution in [-0.2, 0) is 0 Å². The van der Waals surface area contributed by atoms with Crippen molar-refractivity contribution >= 4 is 0 Å². The lowest BCUT2D eigenvalue weighted by atomic mass is 10.0. The molecule has 2 unspecified atom stereocenters. The fourth-order valence-corrected chi connectivity index (χ4v) is 1.64. The normalized spacial score (nSPS) is 14.9. The molecule has 17 heavy (non-hydrogen) atoms. The van der Waals surface area contributed by atoms with E-state index in [0.717, 1.165) is 12.0 Å². The molecule has 0 amide bonds. The van der Waals surface area contributed by atoms with E-state index in [4.69, 9.17) is 5.73 Å². The molecule has 1 aromatic carbocycles. The Morgan fingerprint density at radius 3 is 2.12 bits per heavy atom. The molecule has 0 saturated heterocycles. The van der Waals surface area contributed by atoms with E-state index < -0.39 is 6.43 Å². The van der Waals surface area contributed by atoms with Crippen LogP contribution < -0.4 is 11.1 Å². The fourth-order valence-electron chi connectivity index (χ4n) is 1.64. The molecule has 0 radical (unpaired) electrons. The van der Waals surface area contributed by atoms with Crippen LogP contribution in [0.5, 0.6) is 0 Å². The highest BCUT2D eigenvalue weighted by Crippen LogP contribution is 2.21. The number of hydrogen-bond donors (Lipinski definition) is 2. The van der Waals surface area contributed by atoms with Crippen LogP contribution in [0.1, 0.15) is 43.9 Å². The monoisotopic (exact) mass is 242 g/mol. The molecule has 3 N–H and O–H groups in total. The minimum absolute atomic E-state index is 0.0247. The maximum atomic E-state index is 12.4. The van der Waals surface area contributed by atoms with Crippen LogP contribution >= 0.6 is 0 Å². The van der Waals surface area contributed by atoms with E-state index >= 15 is 0 Å². The zero-order valence-electron chi connectivity index (χ0n) is 10.3. The van der Waals surface area contributed by atoms with Crippen molar-refractivity contribution in [3.05, 3.63) is 35.4 Å². The molecule has 0 aliphatic rings. The van der Waals surface area contributed by atoms with Crippen molar-refractivity contribution in [3.63, 3.8) is 0 Å². The highest BCUT2D eigenvalue weighted by molar-refractivity contribution is 5.26. The second-order valence-corrected chi connectivity index (χ2v) is 4.23. The number of benzene rings is 1. The van der Waals surface area contributed by atoms with Crippen LogP contribution in [0.25, 0.3) is 0 Å². The third-order valence-corrected chi connectivity index (χ3v) is 2.92. The molecule has 0 aliphatic heterocycles. The predicted molar refractivity (Wildman–Crippen MR) is 66.1 cm³/mol. The van der Waals surface area contributed by atoms with E-state index in [1.165, 1.54) is 12.1 Å². The Kier molecular flexibility index (Phi) is 5.51. The minimum Gasteiger partial charge on any atom is -0.329 e. The number of alkyl halides is 2. The summed E-state index contributed by atoms with van der Waals surface area (Å²) in [5.41, 5.74) is 6.70. The van der Waals surface area contributed by atoms with Gasteiger partial charge in [0.25, 0.3) is 6.43 Å². The van der Waals surface area contributed by atoms with Crippen molar-refractivity contribution in [1.29, 1.82) is 0 Å². The summed E-state index contributed by atoms with van der Waals surface area (Å²) in [6, 6.07) is 6.74. The van der Waals surface area contributed by atoms with Gasteiger partial charge in [0.2, 0.25) is 0 Å². The molecule has 2 nitrogen and oxygen atoms in total. The average molecular weight is 242 g/mol. The van der Waals surface area contributed by atoms with E-state index in [1.807, 2.05) is 0 Å². The Balaban J connectivity index is 2.75. The molecule has 1 rings (SSSR count). The van der Waals surface area contributed by atoms with Gasteiger partial charge in [0, 0.05) is 24.2 Å². The van der Waals surface area contributed by atoms with Gasteiger partial charge in [0.1, 0.15) is 0 Å². The molecule has 2 atom stereocenters. The van der Waals surface area contributed by atoms with Crippen molar-refractivity contribution in [2.24, 2.45) is 5.73 Å². The van der Waals surface area contributed by atoms with Gasteiger partial charge in [-0.05, 0) is 18.9 Å². The zero-order valence-corrected chi connectivity index (χ0v) is 10.3. The number of nitrogens with one attached hydrogen (secondary N) is 1. The molecule has 0 saturated carbocycles. The van der Waals surface area contributed by atoms with Gasteiger partial charge in [-0.3, -0.25) is 0 Å². The molecule has 1 aromatic rings. The van der Waals surface area contributed by atoms with Crippen LogP contribution in [0.2, 0.25) is 0 Å². The van der Waals surface area contributed by atoms with Crippen LogP contribution in [0.3, 0.4) is 0 Å².